The van der Waals surface area contributed by atoms with Crippen molar-refractivity contribution >= 4 is 46.8 Å². The number of halogens is 2. The number of nitrogens with zero attached hydrogens (tertiary/aromatic N) is 5. The number of aromatic nitrogens is 2. The normalized spacial score (nSPS) is 35.2. The van der Waals surface area contributed by atoms with Crippen LogP contribution in [0.4, 0.5) is 11.6 Å². The summed E-state index contributed by atoms with van der Waals surface area (Å²) in [5, 5.41) is 30.3. The van der Waals surface area contributed by atoms with Crippen molar-refractivity contribution in [2.45, 2.75) is 82.6 Å². The maximum atomic E-state index is 14.2. The minimum absolute atomic E-state index is 0.0497. The van der Waals surface area contributed by atoms with Gasteiger partial charge in [-0.2, -0.15) is 0 Å². The van der Waals surface area contributed by atoms with Crippen LogP contribution in [-0.2, 0) is 29.5 Å². The third kappa shape index (κ3) is 6.56. The van der Waals surface area contributed by atoms with Crippen molar-refractivity contribution in [3.8, 4) is 0 Å². The fourth-order valence-electron chi connectivity index (χ4n) is 9.30. The molecule has 0 radical (unpaired) electrons. The molecule has 1 saturated carbocycles. The highest BCUT2D eigenvalue weighted by molar-refractivity contribution is 6.33. The summed E-state index contributed by atoms with van der Waals surface area (Å²) in [6.45, 7) is 11.5. The summed E-state index contributed by atoms with van der Waals surface area (Å²) in [5.74, 6) is -0.890. The van der Waals surface area contributed by atoms with Gasteiger partial charge in [0.05, 0.1) is 28.1 Å². The van der Waals surface area contributed by atoms with Crippen LogP contribution in [0, 0.1) is 23.7 Å². The Labute approximate surface area is 314 Å². The van der Waals surface area contributed by atoms with Crippen LogP contribution in [0.3, 0.4) is 0 Å². The Bertz CT molecular complexity index is 1710. The van der Waals surface area contributed by atoms with E-state index in [0.717, 1.165) is 44.7 Å². The summed E-state index contributed by atoms with van der Waals surface area (Å²) in [5.41, 5.74) is -1.31. The second-order valence-electron chi connectivity index (χ2n) is 15.3. The molecule has 282 valence electrons. The van der Waals surface area contributed by atoms with E-state index in [-0.39, 0.29) is 30.1 Å². The quantitative estimate of drug-likeness (QED) is 0.279. The van der Waals surface area contributed by atoms with E-state index in [9.17, 15) is 19.8 Å². The molecule has 5 aliphatic rings. The second-order valence-corrected chi connectivity index (χ2v) is 16.1. The van der Waals surface area contributed by atoms with Gasteiger partial charge in [0.1, 0.15) is 17.2 Å². The molecule has 13 nitrogen and oxygen atoms in total. The SMILES string of the molecule is CC(=O)O[C@@H]1C(C)=CC2[C@H]([C@@H](C)CN3CCN(c4ncc(Cl)cn4)CC3)CC[C@@H](C)[C@]2(O)[C@H]1OC(=O)[C@@H]1C[C@@]2(O)c3cccc(Cl)c3N(C)O[C@H]2N1. The zero-order valence-corrected chi connectivity index (χ0v) is 31.7. The van der Waals surface area contributed by atoms with Crippen molar-refractivity contribution in [1.82, 2.24) is 20.2 Å². The molecule has 3 N–H and O–H groups in total. The molecular weight excluding hydrogens is 711 g/mol. The van der Waals surface area contributed by atoms with Crippen molar-refractivity contribution in [2.75, 3.05) is 49.7 Å². The molecule has 3 fully saturated rings. The molecule has 2 saturated heterocycles. The molecule has 52 heavy (non-hydrogen) atoms. The molecule has 3 aliphatic heterocycles. The molecule has 1 aromatic heterocycles. The molecule has 1 unspecified atom stereocenters. The van der Waals surface area contributed by atoms with Crippen molar-refractivity contribution < 1.29 is 34.1 Å². The van der Waals surface area contributed by atoms with Gasteiger partial charge in [0, 0.05) is 64.6 Å². The average Bonchev–Trinajstić information content (AvgIpc) is 3.45. The number of benzene rings is 1. The summed E-state index contributed by atoms with van der Waals surface area (Å²) in [7, 11) is 1.69. The summed E-state index contributed by atoms with van der Waals surface area (Å²) < 4.78 is 12.1. The van der Waals surface area contributed by atoms with E-state index in [1.54, 1.807) is 37.6 Å². The second kappa shape index (κ2) is 14.3. The van der Waals surface area contributed by atoms with E-state index in [1.807, 2.05) is 19.9 Å². The Morgan fingerprint density at radius 3 is 2.52 bits per heavy atom. The van der Waals surface area contributed by atoms with E-state index >= 15 is 0 Å². The number of rotatable bonds is 7. The summed E-state index contributed by atoms with van der Waals surface area (Å²) in [6, 6.07) is 4.24. The van der Waals surface area contributed by atoms with Gasteiger partial charge in [-0.3, -0.25) is 29.7 Å². The average molecular weight is 760 g/mol. The smallest absolute Gasteiger partial charge is 0.323 e. The van der Waals surface area contributed by atoms with E-state index < -0.39 is 47.6 Å². The molecule has 1 aromatic carbocycles. The van der Waals surface area contributed by atoms with Crippen LogP contribution < -0.4 is 15.3 Å². The van der Waals surface area contributed by atoms with Crippen LogP contribution in [0.25, 0.3) is 0 Å². The number of carbonyl (C=O) groups excluding carboxylic acids is 2. The first-order chi connectivity index (χ1) is 24.7. The summed E-state index contributed by atoms with van der Waals surface area (Å²) in [4.78, 5) is 45.9. The van der Waals surface area contributed by atoms with Crippen LogP contribution in [0.1, 0.15) is 52.5 Å². The molecule has 10 atom stereocenters. The highest BCUT2D eigenvalue weighted by Crippen LogP contribution is 2.53. The van der Waals surface area contributed by atoms with Gasteiger partial charge in [-0.25, -0.2) is 9.97 Å². The number of hydroxylamine groups is 1. The molecule has 2 aliphatic carbocycles. The van der Waals surface area contributed by atoms with E-state index in [2.05, 4.69) is 32.0 Å². The van der Waals surface area contributed by atoms with Crippen molar-refractivity contribution in [2.24, 2.45) is 23.7 Å². The lowest BCUT2D eigenvalue weighted by molar-refractivity contribution is -0.225. The number of anilines is 2. The van der Waals surface area contributed by atoms with Crippen LogP contribution in [0.15, 0.2) is 42.2 Å². The number of para-hydroxylation sites is 1. The lowest BCUT2D eigenvalue weighted by Gasteiger charge is -2.56. The summed E-state index contributed by atoms with van der Waals surface area (Å²) >= 11 is 12.5. The number of esters is 2. The Hall–Kier alpha value is -3.04. The van der Waals surface area contributed by atoms with Gasteiger partial charge < -0.3 is 24.6 Å². The number of nitrogens with one attached hydrogen (secondary N) is 1. The Morgan fingerprint density at radius 1 is 1.12 bits per heavy atom. The van der Waals surface area contributed by atoms with Crippen LogP contribution >= 0.6 is 23.2 Å². The van der Waals surface area contributed by atoms with Gasteiger partial charge in [0.25, 0.3) is 0 Å². The van der Waals surface area contributed by atoms with Gasteiger partial charge in [-0.05, 0) is 49.2 Å². The number of hydrogen-bond donors (Lipinski definition) is 3. The van der Waals surface area contributed by atoms with Gasteiger partial charge in [-0.1, -0.05) is 55.3 Å². The fourth-order valence-corrected chi connectivity index (χ4v) is 9.69. The Morgan fingerprint density at radius 2 is 1.83 bits per heavy atom. The molecule has 2 aromatic rings. The van der Waals surface area contributed by atoms with E-state index in [1.165, 1.54) is 12.0 Å². The standard InChI is InChI=1S/C37H48Cl2N6O7/c1-20-15-27-25(21(2)19-44-11-13-45(14-12-44)35-40-17-24(38)18-41-35)10-9-22(3)37(27,49)32(31(20)50-23(4)46)51-33(47)29-16-36(48)26-7-6-8-28(39)30(26)43(5)52-34(36)42-29/h6-8,15,17-18,21-22,25,27,29,31-32,34,42,48-49H,9-14,16,19H2,1-5H3/t21-,22+,25-,27?,29-,31+,32-,34+,36+,37+/m0/s1. The van der Waals surface area contributed by atoms with Gasteiger partial charge in [0.2, 0.25) is 5.95 Å². The van der Waals surface area contributed by atoms with Crippen LogP contribution in [0.5, 0.6) is 0 Å². The Balaban J connectivity index is 1.10. The molecule has 0 spiro atoms. The number of ether oxygens (including phenoxy) is 2. The number of fused-ring (bicyclic) bond motifs is 4. The molecule has 15 heteroatoms. The zero-order valence-electron chi connectivity index (χ0n) is 30.2. The van der Waals surface area contributed by atoms with Gasteiger partial charge >= 0.3 is 11.9 Å². The first-order valence-corrected chi connectivity index (χ1v) is 18.9. The van der Waals surface area contributed by atoms with Crippen molar-refractivity contribution in [3.63, 3.8) is 0 Å². The Kier molecular flexibility index (Phi) is 10.3. The maximum absolute atomic E-state index is 14.2. The highest BCUT2D eigenvalue weighted by atomic mass is 35.5. The number of aliphatic hydroxyl groups is 2. The zero-order chi connectivity index (χ0) is 37.1. The predicted octanol–water partition coefficient (Wildman–Crippen LogP) is 3.70. The molecule has 0 amide bonds. The minimum Gasteiger partial charge on any atom is -0.454 e. The third-order valence-corrected chi connectivity index (χ3v) is 12.5. The predicted molar refractivity (Wildman–Crippen MR) is 195 cm³/mol. The van der Waals surface area contributed by atoms with E-state index in [4.69, 9.17) is 37.5 Å². The van der Waals surface area contributed by atoms with Crippen LogP contribution in [0.2, 0.25) is 10.0 Å². The topological polar surface area (TPSA) is 150 Å². The molecular formula is C37H48Cl2N6O7. The molecule has 4 heterocycles. The van der Waals surface area contributed by atoms with E-state index in [0.29, 0.717) is 33.7 Å². The lowest BCUT2D eigenvalue weighted by atomic mass is 9.55. The first-order valence-electron chi connectivity index (χ1n) is 18.1. The minimum atomic E-state index is -1.57. The monoisotopic (exact) mass is 758 g/mol. The first kappa shape index (κ1) is 37.3. The molecule has 0 bridgehead atoms. The summed E-state index contributed by atoms with van der Waals surface area (Å²) in [6.07, 6.45) is 3.72. The number of carbonyl (C=O) groups is 2. The van der Waals surface area contributed by atoms with Gasteiger partial charge in [-0.15, -0.1) is 0 Å². The van der Waals surface area contributed by atoms with Crippen LogP contribution in [-0.4, -0.2) is 107 Å². The van der Waals surface area contributed by atoms with Crippen molar-refractivity contribution in [1.29, 1.82) is 0 Å². The maximum Gasteiger partial charge on any atom is 0.323 e. The third-order valence-electron chi connectivity index (χ3n) is 12.0. The van der Waals surface area contributed by atoms with Gasteiger partial charge in [0.15, 0.2) is 18.4 Å². The number of hydrogen-bond acceptors (Lipinski definition) is 13. The largest absolute Gasteiger partial charge is 0.454 e. The fraction of sp³-hybridized carbons (Fsp3) is 0.622. The van der Waals surface area contributed by atoms with Crippen molar-refractivity contribution in [3.05, 3.63) is 57.9 Å². The number of piperazine rings is 1. The molecule has 7 rings (SSSR count). The lowest BCUT2D eigenvalue weighted by Crippen LogP contribution is -2.66. The highest BCUT2D eigenvalue weighted by Gasteiger charge is 2.62.